The van der Waals surface area contributed by atoms with Crippen LogP contribution in [0.1, 0.15) is 19.8 Å². The molecule has 0 amide bonds. The van der Waals surface area contributed by atoms with Crippen LogP contribution >= 0.6 is 0 Å². The van der Waals surface area contributed by atoms with Gasteiger partial charge in [0.15, 0.2) is 5.82 Å². The number of aliphatic hydroxyl groups excluding tert-OH is 1. The number of nitrogens with zero attached hydrogens (tertiary/aromatic N) is 4. The predicted molar refractivity (Wildman–Crippen MR) is 97.3 cm³/mol. The van der Waals surface area contributed by atoms with Crippen LogP contribution in [0.3, 0.4) is 0 Å². The van der Waals surface area contributed by atoms with Gasteiger partial charge in [-0.15, -0.1) is 0 Å². The first-order valence-corrected chi connectivity index (χ1v) is 8.17. The Morgan fingerprint density at radius 3 is 2.40 bits per heavy atom. The van der Waals surface area contributed by atoms with Gasteiger partial charge < -0.3 is 15.7 Å². The smallest absolute Gasteiger partial charge is 0.232 e. The third-order valence-electron chi connectivity index (χ3n) is 3.46. The number of hydrogen-bond donors (Lipinski definition) is 3. The van der Waals surface area contributed by atoms with Gasteiger partial charge in [-0.3, -0.25) is 4.98 Å². The van der Waals surface area contributed by atoms with Crippen LogP contribution in [0.4, 0.5) is 17.6 Å². The van der Waals surface area contributed by atoms with Gasteiger partial charge in [0.05, 0.1) is 0 Å². The van der Waals surface area contributed by atoms with Gasteiger partial charge in [0, 0.05) is 23.6 Å². The summed E-state index contributed by atoms with van der Waals surface area (Å²) in [6.45, 7) is 2.00. The maximum absolute atomic E-state index is 10.0. The fourth-order valence-electron chi connectivity index (χ4n) is 2.27. The number of pyridine rings is 1. The summed E-state index contributed by atoms with van der Waals surface area (Å²) < 4.78 is 0. The Bertz CT molecular complexity index is 797. The molecule has 1 atom stereocenters. The topological polar surface area (TPSA) is 95.8 Å². The molecular weight excluding hydrogens is 316 g/mol. The van der Waals surface area contributed by atoms with Crippen molar-refractivity contribution in [1.82, 2.24) is 19.9 Å². The summed E-state index contributed by atoms with van der Waals surface area (Å²) in [5, 5.41) is 16.1. The van der Waals surface area contributed by atoms with Crippen LogP contribution in [0.5, 0.6) is 0 Å². The molecule has 25 heavy (non-hydrogen) atoms. The first-order valence-electron chi connectivity index (χ1n) is 8.17. The standard InChI is InChI=1S/C18H20N6O/c1-2-6-15(25)21-18-23-16(13-7-4-3-5-8-13)22-17(24-18)20-14-9-11-19-12-10-14/h3-5,7-12,15,25H,2,6H2,1H3,(H2,19,20,21,22,23,24). The maximum Gasteiger partial charge on any atom is 0.232 e. The molecule has 1 aromatic carbocycles. The van der Waals surface area contributed by atoms with E-state index in [1.807, 2.05) is 49.4 Å². The Hall–Kier alpha value is -3.06. The Morgan fingerprint density at radius 2 is 1.68 bits per heavy atom. The molecule has 0 aliphatic heterocycles. The highest BCUT2D eigenvalue weighted by Gasteiger charge is 2.11. The number of rotatable bonds is 7. The molecule has 3 N–H and O–H groups in total. The lowest BCUT2D eigenvalue weighted by Crippen LogP contribution is -2.20. The van der Waals surface area contributed by atoms with Gasteiger partial charge >= 0.3 is 0 Å². The van der Waals surface area contributed by atoms with Crippen molar-refractivity contribution in [3.05, 3.63) is 54.9 Å². The second-order valence-electron chi connectivity index (χ2n) is 5.48. The van der Waals surface area contributed by atoms with E-state index in [2.05, 4.69) is 30.6 Å². The average molecular weight is 336 g/mol. The highest BCUT2D eigenvalue weighted by atomic mass is 16.3. The number of nitrogens with one attached hydrogen (secondary N) is 2. The highest BCUT2D eigenvalue weighted by molar-refractivity contribution is 5.60. The molecule has 0 aliphatic carbocycles. The lowest BCUT2D eigenvalue weighted by atomic mass is 10.2. The van der Waals surface area contributed by atoms with Crippen molar-refractivity contribution in [2.45, 2.75) is 26.0 Å². The van der Waals surface area contributed by atoms with Crippen LogP contribution in [0.15, 0.2) is 54.9 Å². The summed E-state index contributed by atoms with van der Waals surface area (Å²) in [5.74, 6) is 1.25. The van der Waals surface area contributed by atoms with E-state index in [1.165, 1.54) is 0 Å². The van der Waals surface area contributed by atoms with Gasteiger partial charge in [-0.05, 0) is 18.6 Å². The van der Waals surface area contributed by atoms with Crippen molar-refractivity contribution < 1.29 is 5.11 Å². The van der Waals surface area contributed by atoms with Crippen LogP contribution in [0.25, 0.3) is 11.4 Å². The Balaban J connectivity index is 1.93. The van der Waals surface area contributed by atoms with E-state index >= 15 is 0 Å². The van der Waals surface area contributed by atoms with Gasteiger partial charge in [0.2, 0.25) is 11.9 Å². The average Bonchev–Trinajstić information content (AvgIpc) is 2.63. The summed E-state index contributed by atoms with van der Waals surface area (Å²) >= 11 is 0. The van der Waals surface area contributed by atoms with Crippen molar-refractivity contribution in [3.63, 3.8) is 0 Å². The van der Waals surface area contributed by atoms with E-state index in [9.17, 15) is 5.11 Å². The van der Waals surface area contributed by atoms with Gasteiger partial charge in [-0.1, -0.05) is 43.7 Å². The molecule has 128 valence electrons. The maximum atomic E-state index is 10.0. The molecule has 0 radical (unpaired) electrons. The van der Waals surface area contributed by atoms with Crippen molar-refractivity contribution in [2.75, 3.05) is 10.6 Å². The molecule has 3 rings (SSSR count). The molecular formula is C18H20N6O. The molecule has 2 heterocycles. The van der Waals surface area contributed by atoms with Gasteiger partial charge in [-0.25, -0.2) is 0 Å². The van der Waals surface area contributed by atoms with Gasteiger partial charge in [0.1, 0.15) is 6.23 Å². The van der Waals surface area contributed by atoms with E-state index < -0.39 is 6.23 Å². The molecule has 1 unspecified atom stereocenters. The number of aromatic nitrogens is 4. The molecule has 0 bridgehead atoms. The van der Waals surface area contributed by atoms with Crippen LogP contribution in [-0.4, -0.2) is 31.3 Å². The zero-order chi connectivity index (χ0) is 17.5. The third-order valence-corrected chi connectivity index (χ3v) is 3.46. The molecule has 0 saturated heterocycles. The first-order chi connectivity index (χ1) is 12.2. The SMILES string of the molecule is CCCC(O)Nc1nc(Nc2ccncc2)nc(-c2ccccc2)n1. The quantitative estimate of drug-likeness (QED) is 0.570. The van der Waals surface area contributed by atoms with Crippen molar-refractivity contribution in [3.8, 4) is 11.4 Å². The predicted octanol–water partition coefficient (Wildman–Crippen LogP) is 3.21. The normalized spacial score (nSPS) is 11.8. The van der Waals surface area contributed by atoms with Crippen LogP contribution in [-0.2, 0) is 0 Å². The number of anilines is 3. The molecule has 7 nitrogen and oxygen atoms in total. The monoisotopic (exact) mass is 336 g/mol. The Morgan fingerprint density at radius 1 is 0.960 bits per heavy atom. The molecule has 2 aromatic heterocycles. The van der Waals surface area contributed by atoms with Gasteiger partial charge in [-0.2, -0.15) is 15.0 Å². The van der Waals surface area contributed by atoms with E-state index in [0.29, 0.717) is 24.1 Å². The summed E-state index contributed by atoms with van der Waals surface area (Å²) in [5.41, 5.74) is 1.69. The van der Waals surface area contributed by atoms with Crippen molar-refractivity contribution in [1.29, 1.82) is 0 Å². The zero-order valence-corrected chi connectivity index (χ0v) is 13.9. The summed E-state index contributed by atoms with van der Waals surface area (Å²) in [7, 11) is 0. The van der Waals surface area contributed by atoms with Crippen LogP contribution in [0, 0.1) is 0 Å². The molecule has 0 saturated carbocycles. The van der Waals surface area contributed by atoms with E-state index in [0.717, 1.165) is 17.7 Å². The second kappa shape index (κ2) is 8.16. The second-order valence-corrected chi connectivity index (χ2v) is 5.48. The molecule has 0 spiro atoms. The van der Waals surface area contributed by atoms with E-state index in [1.54, 1.807) is 12.4 Å². The van der Waals surface area contributed by atoms with Crippen molar-refractivity contribution >= 4 is 17.6 Å². The largest absolute Gasteiger partial charge is 0.374 e. The first kappa shape index (κ1) is 16.8. The molecule has 7 heteroatoms. The van der Waals surface area contributed by atoms with E-state index in [4.69, 9.17) is 0 Å². The van der Waals surface area contributed by atoms with Crippen molar-refractivity contribution in [2.24, 2.45) is 0 Å². The van der Waals surface area contributed by atoms with E-state index in [-0.39, 0.29) is 0 Å². The van der Waals surface area contributed by atoms with Crippen LogP contribution < -0.4 is 10.6 Å². The molecule has 3 aromatic rings. The fraction of sp³-hybridized carbons (Fsp3) is 0.222. The number of aliphatic hydroxyl groups is 1. The minimum Gasteiger partial charge on any atom is -0.374 e. The summed E-state index contributed by atoms with van der Waals surface area (Å²) in [6.07, 6.45) is 4.13. The minimum absolute atomic E-state index is 0.325. The van der Waals surface area contributed by atoms with Crippen LogP contribution in [0.2, 0.25) is 0 Å². The number of hydrogen-bond acceptors (Lipinski definition) is 7. The minimum atomic E-state index is -0.704. The lowest BCUT2D eigenvalue weighted by molar-refractivity contribution is 0.191. The Labute approximate surface area is 146 Å². The zero-order valence-electron chi connectivity index (χ0n) is 13.9. The molecule has 0 aliphatic rings. The summed E-state index contributed by atoms with van der Waals surface area (Å²) in [4.78, 5) is 17.2. The Kier molecular flexibility index (Phi) is 5.48. The molecule has 0 fully saturated rings. The third kappa shape index (κ3) is 4.71. The fourth-order valence-corrected chi connectivity index (χ4v) is 2.27. The highest BCUT2D eigenvalue weighted by Crippen LogP contribution is 2.20. The number of benzene rings is 1. The lowest BCUT2D eigenvalue weighted by Gasteiger charge is -2.14. The van der Waals surface area contributed by atoms with Gasteiger partial charge in [0.25, 0.3) is 0 Å². The summed E-state index contributed by atoms with van der Waals surface area (Å²) in [6, 6.07) is 13.3.